The van der Waals surface area contributed by atoms with E-state index in [4.69, 9.17) is 0 Å². The minimum absolute atomic E-state index is 0. The van der Waals surface area contributed by atoms with Crippen LogP contribution >= 0.6 is 0 Å². The maximum atomic E-state index is 3.74. The molecular formula is C7H14Li2. The monoisotopic (exact) mass is 112 g/mol. The Morgan fingerprint density at radius 1 is 1.33 bits per heavy atom. The zero-order valence-corrected chi connectivity index (χ0v) is 7.11. The van der Waals surface area contributed by atoms with E-state index in [0.717, 1.165) is 6.42 Å². The molecule has 0 saturated carbocycles. The van der Waals surface area contributed by atoms with E-state index in [2.05, 4.69) is 20.3 Å². The molecular weight excluding hydrogens is 98.0 g/mol. The topological polar surface area (TPSA) is 0 Å². The van der Waals surface area contributed by atoms with E-state index in [9.17, 15) is 0 Å². The molecule has 0 N–H and O–H groups in total. The molecule has 0 aliphatic heterocycles. The van der Waals surface area contributed by atoms with Crippen molar-refractivity contribution in [2.45, 2.75) is 32.6 Å². The van der Waals surface area contributed by atoms with Crippen molar-refractivity contribution in [2.24, 2.45) is 0 Å². The first-order valence-corrected chi connectivity index (χ1v) is 3.02. The molecule has 0 aromatic carbocycles. The van der Waals surface area contributed by atoms with E-state index in [0.29, 0.717) is 0 Å². The van der Waals surface area contributed by atoms with Gasteiger partial charge in [-0.3, -0.25) is 0 Å². The third-order valence-corrected chi connectivity index (χ3v) is 0.947. The van der Waals surface area contributed by atoms with Crippen LogP contribution in [0.4, 0.5) is 0 Å². The zero-order chi connectivity index (χ0) is 5.54. The van der Waals surface area contributed by atoms with Crippen LogP contribution in [0.2, 0.25) is 0 Å². The van der Waals surface area contributed by atoms with E-state index in [1.54, 1.807) is 0 Å². The van der Waals surface area contributed by atoms with Crippen molar-refractivity contribution >= 4 is 0 Å². The van der Waals surface area contributed by atoms with Gasteiger partial charge in [-0.1, -0.05) is 6.92 Å². The van der Waals surface area contributed by atoms with Gasteiger partial charge in [0, 0.05) is 0 Å². The average molecular weight is 112 g/mol. The smallest absolute Gasteiger partial charge is 0.343 e. The van der Waals surface area contributed by atoms with Crippen molar-refractivity contribution in [2.75, 3.05) is 0 Å². The normalized spacial score (nSPS) is 7.33. The summed E-state index contributed by atoms with van der Waals surface area (Å²) in [6.45, 7) is 5.91. The number of hydrogen-bond donors (Lipinski definition) is 0. The molecule has 0 spiro atoms. The van der Waals surface area contributed by atoms with Crippen LogP contribution < -0.4 is 37.7 Å². The Hall–Kier alpha value is 1.19. The Morgan fingerprint density at radius 3 is 2.22 bits per heavy atom. The Balaban J connectivity index is -0.000000180. The molecule has 0 aromatic heterocycles. The van der Waals surface area contributed by atoms with Crippen LogP contribution in [-0.2, 0) is 0 Å². The Morgan fingerprint density at radius 2 is 1.89 bits per heavy atom. The molecule has 2 heteroatoms. The van der Waals surface area contributed by atoms with Crippen molar-refractivity contribution in [3.63, 3.8) is 0 Å². The van der Waals surface area contributed by atoms with Crippen molar-refractivity contribution in [3.05, 3.63) is 13.3 Å². The molecule has 0 atom stereocenters. The van der Waals surface area contributed by atoms with Gasteiger partial charge in [-0.15, -0.1) is 6.42 Å². The molecule has 0 amide bonds. The zero-order valence-electron chi connectivity index (χ0n) is 7.11. The van der Waals surface area contributed by atoms with Crippen molar-refractivity contribution in [3.8, 4) is 0 Å². The first-order chi connectivity index (χ1) is 3.41. The Labute approximate surface area is 83.5 Å². The van der Waals surface area contributed by atoms with Gasteiger partial charge in [0.25, 0.3) is 0 Å². The van der Waals surface area contributed by atoms with E-state index in [1.165, 1.54) is 19.3 Å². The van der Waals surface area contributed by atoms with Crippen LogP contribution in [0.25, 0.3) is 0 Å². The first kappa shape index (κ1) is 16.7. The Kier molecular flexibility index (Phi) is 29.8. The molecule has 0 aromatic rings. The molecule has 44 valence electrons. The molecule has 0 unspecified atom stereocenters. The van der Waals surface area contributed by atoms with Gasteiger partial charge in [-0.05, 0) is 0 Å². The summed E-state index contributed by atoms with van der Waals surface area (Å²) in [5.41, 5.74) is 0. The van der Waals surface area contributed by atoms with Crippen LogP contribution in [0.5, 0.6) is 0 Å². The van der Waals surface area contributed by atoms with Crippen molar-refractivity contribution < 1.29 is 37.7 Å². The summed E-state index contributed by atoms with van der Waals surface area (Å²) in [5.74, 6) is 0. The quantitative estimate of drug-likeness (QED) is 0.202. The van der Waals surface area contributed by atoms with Gasteiger partial charge in [0.15, 0.2) is 0 Å². The predicted octanol–water partition coefficient (Wildman–Crippen LogP) is -3.39. The molecule has 0 aliphatic carbocycles. The van der Waals surface area contributed by atoms with E-state index in [1.807, 2.05) is 0 Å². The minimum atomic E-state index is 0. The third kappa shape index (κ3) is 17.6. The molecule has 0 rings (SSSR count). The molecule has 0 heterocycles. The number of unbranched alkanes of at least 4 members (excludes halogenated alkanes) is 4. The average Bonchev–Trinajstić information content (AvgIpc) is 1.69. The second-order valence-corrected chi connectivity index (χ2v) is 1.69. The van der Waals surface area contributed by atoms with Crippen LogP contribution in [0.15, 0.2) is 0 Å². The van der Waals surface area contributed by atoms with Gasteiger partial charge in [0.05, 0.1) is 0 Å². The minimum Gasteiger partial charge on any atom is -0.343 e. The second-order valence-electron chi connectivity index (χ2n) is 1.69. The Bertz CT molecular complexity index is 26.1. The molecule has 0 fully saturated rings. The van der Waals surface area contributed by atoms with Gasteiger partial charge >= 0.3 is 37.7 Å². The fourth-order valence-corrected chi connectivity index (χ4v) is 0.493. The fourth-order valence-electron chi connectivity index (χ4n) is 0.493. The molecule has 9 heavy (non-hydrogen) atoms. The summed E-state index contributed by atoms with van der Waals surface area (Å²) in [4.78, 5) is 0. The summed E-state index contributed by atoms with van der Waals surface area (Å²) >= 11 is 0. The van der Waals surface area contributed by atoms with E-state index in [-0.39, 0.29) is 37.7 Å². The van der Waals surface area contributed by atoms with Crippen molar-refractivity contribution in [1.29, 1.82) is 0 Å². The standard InChI is InChI=1S/C7H14.2Li/c1-3-5-7-6-4-2;;/h6H,1,3-5,7H2,2H3;;/q-2;2*+1. The van der Waals surface area contributed by atoms with Gasteiger partial charge in [0.2, 0.25) is 0 Å². The summed E-state index contributed by atoms with van der Waals surface area (Å²) in [6, 6.07) is 0. The third-order valence-electron chi connectivity index (χ3n) is 0.947. The van der Waals surface area contributed by atoms with Gasteiger partial charge in [-0.25, -0.2) is 0 Å². The molecule has 0 bridgehead atoms. The first-order valence-electron chi connectivity index (χ1n) is 3.02. The van der Waals surface area contributed by atoms with Gasteiger partial charge in [0.1, 0.15) is 0 Å². The van der Waals surface area contributed by atoms with Crippen LogP contribution in [0, 0.1) is 13.3 Å². The summed E-state index contributed by atoms with van der Waals surface area (Å²) in [7, 11) is 0. The maximum Gasteiger partial charge on any atom is 1.00 e. The SMILES string of the molecule is [CH2-]CCC[CH-]CC.[Li+].[Li+]. The summed E-state index contributed by atoms with van der Waals surface area (Å²) in [6.07, 6.45) is 7.09. The summed E-state index contributed by atoms with van der Waals surface area (Å²) < 4.78 is 0. The molecule has 0 aliphatic rings. The number of hydrogen-bond acceptors (Lipinski definition) is 0. The van der Waals surface area contributed by atoms with E-state index < -0.39 is 0 Å². The van der Waals surface area contributed by atoms with Gasteiger partial charge in [-0.2, -0.15) is 19.3 Å². The van der Waals surface area contributed by atoms with Crippen LogP contribution in [-0.4, -0.2) is 0 Å². The fraction of sp³-hybridized carbons (Fsp3) is 0.714. The maximum absolute atomic E-state index is 3.74. The predicted molar refractivity (Wildman–Crippen MR) is 33.8 cm³/mol. The largest absolute Gasteiger partial charge is 1.00 e. The van der Waals surface area contributed by atoms with Crippen molar-refractivity contribution in [1.82, 2.24) is 0 Å². The van der Waals surface area contributed by atoms with Crippen LogP contribution in [0.3, 0.4) is 0 Å². The number of rotatable bonds is 4. The molecule has 0 saturated heterocycles. The molecule has 0 radical (unpaired) electrons. The van der Waals surface area contributed by atoms with E-state index >= 15 is 0 Å². The molecule has 0 nitrogen and oxygen atoms in total. The van der Waals surface area contributed by atoms with Crippen LogP contribution in [0.1, 0.15) is 32.6 Å². The summed E-state index contributed by atoms with van der Waals surface area (Å²) in [5, 5.41) is 0. The van der Waals surface area contributed by atoms with Gasteiger partial charge < -0.3 is 13.3 Å². The second kappa shape index (κ2) is 16.1.